The maximum atomic E-state index is 11.9. The fourth-order valence-electron chi connectivity index (χ4n) is 2.30. The van der Waals surface area contributed by atoms with E-state index < -0.39 is 0 Å². The summed E-state index contributed by atoms with van der Waals surface area (Å²) < 4.78 is 0. The Balaban J connectivity index is 2.33. The molecule has 1 amide bonds. The van der Waals surface area contributed by atoms with E-state index in [0.717, 1.165) is 32.7 Å². The van der Waals surface area contributed by atoms with Crippen molar-refractivity contribution in [2.75, 3.05) is 32.7 Å². The van der Waals surface area contributed by atoms with E-state index in [1.165, 1.54) is 0 Å². The summed E-state index contributed by atoms with van der Waals surface area (Å²) >= 11 is 0. The number of hydrogen-bond donors (Lipinski definition) is 0. The van der Waals surface area contributed by atoms with Gasteiger partial charge in [-0.25, -0.2) is 0 Å². The Kier molecular flexibility index (Phi) is 4.99. The lowest BCUT2D eigenvalue weighted by molar-refractivity contribution is -0.133. The highest BCUT2D eigenvalue weighted by Gasteiger charge is 2.24. The van der Waals surface area contributed by atoms with Crippen molar-refractivity contribution in [3.63, 3.8) is 0 Å². The molecule has 0 atom stereocenters. The van der Waals surface area contributed by atoms with Gasteiger partial charge in [-0.05, 0) is 11.3 Å². The summed E-state index contributed by atoms with van der Waals surface area (Å²) in [5.41, 5.74) is 0.351. The summed E-state index contributed by atoms with van der Waals surface area (Å²) in [6.07, 6.45) is 0.694. The monoisotopic (exact) mass is 240 g/mol. The van der Waals surface area contributed by atoms with E-state index in [0.29, 0.717) is 23.7 Å². The summed E-state index contributed by atoms with van der Waals surface area (Å²) in [4.78, 5) is 16.4. The summed E-state index contributed by atoms with van der Waals surface area (Å²) in [6.45, 7) is 16.0. The highest BCUT2D eigenvalue weighted by atomic mass is 16.2. The van der Waals surface area contributed by atoms with Crippen molar-refractivity contribution >= 4 is 5.91 Å². The van der Waals surface area contributed by atoms with Crippen molar-refractivity contribution < 1.29 is 4.79 Å². The Morgan fingerprint density at radius 1 is 1.12 bits per heavy atom. The molecule has 3 nitrogen and oxygen atoms in total. The summed E-state index contributed by atoms with van der Waals surface area (Å²) in [5, 5.41) is 0. The Bertz CT molecular complexity index is 247. The van der Waals surface area contributed by atoms with E-state index in [9.17, 15) is 4.79 Å². The van der Waals surface area contributed by atoms with Gasteiger partial charge in [-0.1, -0.05) is 34.6 Å². The summed E-state index contributed by atoms with van der Waals surface area (Å²) in [6, 6.07) is 0. The lowest BCUT2D eigenvalue weighted by Crippen LogP contribution is -2.50. The minimum Gasteiger partial charge on any atom is -0.340 e. The van der Waals surface area contributed by atoms with Crippen LogP contribution in [0.25, 0.3) is 0 Å². The lowest BCUT2D eigenvalue weighted by Gasteiger charge is -2.38. The molecule has 100 valence electrons. The van der Waals surface area contributed by atoms with E-state index >= 15 is 0 Å². The van der Waals surface area contributed by atoms with Crippen LogP contribution in [0, 0.1) is 11.3 Å². The number of carbonyl (C=O) groups excluding carboxylic acids is 1. The molecule has 0 aliphatic carbocycles. The first-order chi connectivity index (χ1) is 7.78. The molecular weight excluding hydrogens is 212 g/mol. The molecule has 1 aliphatic heterocycles. The first kappa shape index (κ1) is 14.5. The molecule has 0 unspecified atom stereocenters. The number of rotatable bonds is 3. The van der Waals surface area contributed by atoms with Gasteiger partial charge in [0, 0.05) is 39.1 Å². The second kappa shape index (κ2) is 5.85. The number of carbonyl (C=O) groups is 1. The zero-order valence-electron chi connectivity index (χ0n) is 12.1. The lowest BCUT2D eigenvalue weighted by atomic mass is 9.96. The van der Waals surface area contributed by atoms with Crippen LogP contribution in [0.15, 0.2) is 0 Å². The zero-order chi connectivity index (χ0) is 13.1. The highest BCUT2D eigenvalue weighted by molar-refractivity contribution is 5.76. The molecule has 0 aromatic carbocycles. The van der Waals surface area contributed by atoms with Crippen molar-refractivity contribution in [2.24, 2.45) is 11.3 Å². The molecule has 0 aromatic rings. The van der Waals surface area contributed by atoms with Crippen LogP contribution < -0.4 is 0 Å². The van der Waals surface area contributed by atoms with Crippen LogP contribution in [0.4, 0.5) is 0 Å². The number of amides is 1. The molecule has 0 radical (unpaired) electrons. The van der Waals surface area contributed by atoms with E-state index in [1.807, 2.05) is 4.90 Å². The zero-order valence-corrected chi connectivity index (χ0v) is 12.1. The van der Waals surface area contributed by atoms with Gasteiger partial charge in [-0.15, -0.1) is 0 Å². The number of nitrogens with zero attached hydrogens (tertiary/aromatic N) is 2. The molecule has 1 aliphatic rings. The molecule has 0 saturated carbocycles. The SMILES string of the molecule is CC(C)CC(=O)N1CCN(CC(C)(C)C)CC1. The van der Waals surface area contributed by atoms with Crippen LogP contribution in [0.2, 0.25) is 0 Å². The predicted octanol–water partition coefficient (Wildman–Crippen LogP) is 2.22. The Morgan fingerprint density at radius 2 is 1.65 bits per heavy atom. The van der Waals surface area contributed by atoms with E-state index in [2.05, 4.69) is 39.5 Å². The van der Waals surface area contributed by atoms with Crippen LogP contribution in [-0.4, -0.2) is 48.4 Å². The van der Waals surface area contributed by atoms with Gasteiger partial charge < -0.3 is 4.90 Å². The topological polar surface area (TPSA) is 23.6 Å². The van der Waals surface area contributed by atoms with Crippen molar-refractivity contribution in [2.45, 2.75) is 41.0 Å². The second-order valence-corrected chi connectivity index (χ2v) is 6.82. The Hall–Kier alpha value is -0.570. The maximum absolute atomic E-state index is 11.9. The van der Waals surface area contributed by atoms with Gasteiger partial charge in [-0.3, -0.25) is 9.69 Å². The predicted molar refractivity (Wildman–Crippen MR) is 71.9 cm³/mol. The summed E-state index contributed by atoms with van der Waals surface area (Å²) in [7, 11) is 0. The smallest absolute Gasteiger partial charge is 0.222 e. The highest BCUT2D eigenvalue weighted by Crippen LogP contribution is 2.17. The molecule has 1 heterocycles. The van der Waals surface area contributed by atoms with Crippen LogP contribution >= 0.6 is 0 Å². The maximum Gasteiger partial charge on any atom is 0.222 e. The average Bonchev–Trinajstić information content (AvgIpc) is 2.15. The standard InChI is InChI=1S/C14H28N2O/c1-12(2)10-13(17)16-8-6-15(7-9-16)11-14(3,4)5/h12H,6-11H2,1-5H3. The first-order valence-corrected chi connectivity index (χ1v) is 6.78. The van der Waals surface area contributed by atoms with E-state index in [-0.39, 0.29) is 0 Å². The second-order valence-electron chi connectivity index (χ2n) is 6.82. The van der Waals surface area contributed by atoms with Crippen molar-refractivity contribution in [3.8, 4) is 0 Å². The van der Waals surface area contributed by atoms with E-state index in [1.54, 1.807) is 0 Å². The van der Waals surface area contributed by atoms with E-state index in [4.69, 9.17) is 0 Å². The van der Waals surface area contributed by atoms with Crippen molar-refractivity contribution in [1.29, 1.82) is 0 Å². The van der Waals surface area contributed by atoms with Crippen molar-refractivity contribution in [1.82, 2.24) is 9.80 Å². The van der Waals surface area contributed by atoms with Gasteiger partial charge in [0.2, 0.25) is 5.91 Å². The van der Waals surface area contributed by atoms with Gasteiger partial charge in [0.1, 0.15) is 0 Å². The molecule has 17 heavy (non-hydrogen) atoms. The molecule has 1 rings (SSSR count). The average molecular weight is 240 g/mol. The third kappa shape index (κ3) is 5.53. The van der Waals surface area contributed by atoms with Gasteiger partial charge in [0.15, 0.2) is 0 Å². The number of piperazine rings is 1. The van der Waals surface area contributed by atoms with Crippen LogP contribution in [0.1, 0.15) is 41.0 Å². The normalized spacial score (nSPS) is 18.8. The van der Waals surface area contributed by atoms with Gasteiger partial charge in [0.05, 0.1) is 0 Å². The first-order valence-electron chi connectivity index (χ1n) is 6.78. The molecular formula is C14H28N2O. The molecule has 0 bridgehead atoms. The Morgan fingerprint density at radius 3 is 2.06 bits per heavy atom. The van der Waals surface area contributed by atoms with Gasteiger partial charge >= 0.3 is 0 Å². The van der Waals surface area contributed by atoms with Crippen LogP contribution in [0.5, 0.6) is 0 Å². The fourth-order valence-corrected chi connectivity index (χ4v) is 2.30. The molecule has 0 aromatic heterocycles. The molecule has 1 fully saturated rings. The number of hydrogen-bond acceptors (Lipinski definition) is 2. The third-order valence-electron chi connectivity index (χ3n) is 3.01. The molecule has 3 heteroatoms. The molecule has 0 spiro atoms. The molecule has 0 N–H and O–H groups in total. The van der Waals surface area contributed by atoms with Crippen molar-refractivity contribution in [3.05, 3.63) is 0 Å². The Labute approximate surface area is 106 Å². The third-order valence-corrected chi connectivity index (χ3v) is 3.01. The fraction of sp³-hybridized carbons (Fsp3) is 0.929. The van der Waals surface area contributed by atoms with Gasteiger partial charge in [-0.2, -0.15) is 0 Å². The minimum absolute atomic E-state index is 0.329. The molecule has 1 saturated heterocycles. The quantitative estimate of drug-likeness (QED) is 0.755. The largest absolute Gasteiger partial charge is 0.340 e. The van der Waals surface area contributed by atoms with Gasteiger partial charge in [0.25, 0.3) is 0 Å². The minimum atomic E-state index is 0.329. The van der Waals surface area contributed by atoms with Crippen LogP contribution in [0.3, 0.4) is 0 Å². The summed E-state index contributed by atoms with van der Waals surface area (Å²) in [5.74, 6) is 0.797. The van der Waals surface area contributed by atoms with Crippen LogP contribution in [-0.2, 0) is 4.79 Å².